The molecule has 7 heteroatoms. The van der Waals surface area contributed by atoms with E-state index in [2.05, 4.69) is 10.0 Å². The lowest BCUT2D eigenvalue weighted by atomic mass is 10.1. The first-order valence-electron chi connectivity index (χ1n) is 8.89. The molecule has 0 spiro atoms. The van der Waals surface area contributed by atoms with Gasteiger partial charge in [-0.25, -0.2) is 13.1 Å². The van der Waals surface area contributed by atoms with Gasteiger partial charge in [-0.1, -0.05) is 30.3 Å². The second kappa shape index (κ2) is 9.01. The Balaban J connectivity index is 2.32. The average molecular weight is 391 g/mol. The topological polar surface area (TPSA) is 84.5 Å². The fourth-order valence-electron chi connectivity index (χ4n) is 2.61. The predicted octanol–water partition coefficient (Wildman–Crippen LogP) is 3.26. The summed E-state index contributed by atoms with van der Waals surface area (Å²) in [5.74, 6) is -0.131. The fraction of sp³-hybridized carbons (Fsp3) is 0.350. The summed E-state index contributed by atoms with van der Waals surface area (Å²) in [5.41, 5.74) is 1.22. The number of carbonyl (C=O) groups is 1. The number of benzene rings is 2. The van der Waals surface area contributed by atoms with Gasteiger partial charge in [-0.15, -0.1) is 0 Å². The summed E-state index contributed by atoms with van der Waals surface area (Å²) in [7, 11) is -3.80. The number of hydrogen-bond acceptors (Lipinski definition) is 4. The van der Waals surface area contributed by atoms with E-state index in [1.54, 1.807) is 26.8 Å². The highest BCUT2D eigenvalue weighted by molar-refractivity contribution is 7.89. The first-order chi connectivity index (χ1) is 12.7. The van der Waals surface area contributed by atoms with Crippen molar-refractivity contribution in [2.75, 3.05) is 6.61 Å². The Morgan fingerprint density at radius 2 is 1.74 bits per heavy atom. The SMILES string of the molecule is CCOc1ccc(C(=O)N[C@@H](C)c2ccccc2)cc1S(=O)(=O)NC(C)C. The highest BCUT2D eigenvalue weighted by atomic mass is 32.2. The number of sulfonamides is 1. The number of amides is 1. The number of ether oxygens (including phenoxy) is 1. The summed E-state index contributed by atoms with van der Waals surface area (Å²) in [5, 5.41) is 2.89. The maximum absolute atomic E-state index is 12.6. The molecule has 0 radical (unpaired) electrons. The molecular formula is C20H26N2O4S. The molecule has 146 valence electrons. The van der Waals surface area contributed by atoms with E-state index in [-0.39, 0.29) is 34.2 Å². The van der Waals surface area contributed by atoms with E-state index in [9.17, 15) is 13.2 Å². The number of rotatable bonds is 8. The Bertz CT molecular complexity index is 880. The molecule has 0 bridgehead atoms. The van der Waals surface area contributed by atoms with Crippen LogP contribution in [0, 0.1) is 0 Å². The molecule has 2 aromatic carbocycles. The van der Waals surface area contributed by atoms with Gasteiger partial charge in [0, 0.05) is 11.6 Å². The second-order valence-electron chi connectivity index (χ2n) is 6.48. The monoisotopic (exact) mass is 390 g/mol. The Hall–Kier alpha value is -2.38. The molecule has 0 saturated heterocycles. The van der Waals surface area contributed by atoms with Gasteiger partial charge in [0.15, 0.2) is 0 Å². The van der Waals surface area contributed by atoms with Gasteiger partial charge in [0.1, 0.15) is 10.6 Å². The maximum Gasteiger partial charge on any atom is 0.251 e. The van der Waals surface area contributed by atoms with Gasteiger partial charge in [0.2, 0.25) is 10.0 Å². The first kappa shape index (κ1) is 20.9. The van der Waals surface area contributed by atoms with Crippen LogP contribution in [0.3, 0.4) is 0 Å². The van der Waals surface area contributed by atoms with Crippen molar-refractivity contribution < 1.29 is 17.9 Å². The summed E-state index contributed by atoms with van der Waals surface area (Å²) in [6.07, 6.45) is 0. The lowest BCUT2D eigenvalue weighted by Crippen LogP contribution is -2.31. The molecule has 0 aromatic heterocycles. The Morgan fingerprint density at radius 1 is 1.07 bits per heavy atom. The molecule has 2 rings (SSSR count). The molecule has 0 unspecified atom stereocenters. The first-order valence-corrected chi connectivity index (χ1v) is 10.4. The van der Waals surface area contributed by atoms with E-state index < -0.39 is 10.0 Å². The standard InChI is InChI=1S/C20H26N2O4S/c1-5-26-18-12-11-17(13-19(18)27(24,25)22-14(2)3)20(23)21-15(4)16-9-7-6-8-10-16/h6-15,22H,5H2,1-4H3,(H,21,23)/t15-/m0/s1. The third kappa shape index (κ3) is 5.55. The van der Waals surface area contributed by atoms with Crippen LogP contribution >= 0.6 is 0 Å². The highest BCUT2D eigenvalue weighted by Gasteiger charge is 2.23. The molecule has 0 saturated carbocycles. The van der Waals surface area contributed by atoms with Gasteiger partial charge in [-0.3, -0.25) is 4.79 Å². The molecule has 0 fully saturated rings. The van der Waals surface area contributed by atoms with E-state index in [0.29, 0.717) is 6.61 Å². The van der Waals surface area contributed by atoms with Crippen LogP contribution in [0.2, 0.25) is 0 Å². The fourth-order valence-corrected chi connectivity index (χ4v) is 4.03. The average Bonchev–Trinajstić information content (AvgIpc) is 2.61. The van der Waals surface area contributed by atoms with Crippen molar-refractivity contribution in [2.24, 2.45) is 0 Å². The molecule has 6 nitrogen and oxygen atoms in total. The predicted molar refractivity (Wildman–Crippen MR) is 105 cm³/mol. The van der Waals surface area contributed by atoms with Gasteiger partial charge < -0.3 is 10.1 Å². The minimum Gasteiger partial charge on any atom is -0.492 e. The van der Waals surface area contributed by atoms with Gasteiger partial charge in [-0.05, 0) is 51.5 Å². The van der Waals surface area contributed by atoms with Crippen LogP contribution in [0.5, 0.6) is 5.75 Å². The van der Waals surface area contributed by atoms with Gasteiger partial charge in [0.05, 0.1) is 12.6 Å². The highest BCUT2D eigenvalue weighted by Crippen LogP contribution is 2.26. The summed E-state index contributed by atoms with van der Waals surface area (Å²) >= 11 is 0. The maximum atomic E-state index is 12.6. The molecule has 0 aliphatic rings. The molecule has 1 atom stereocenters. The van der Waals surface area contributed by atoms with E-state index in [1.165, 1.54) is 12.1 Å². The quantitative estimate of drug-likeness (QED) is 0.725. The zero-order chi connectivity index (χ0) is 20.0. The lowest BCUT2D eigenvalue weighted by Gasteiger charge is -2.17. The third-order valence-electron chi connectivity index (χ3n) is 3.83. The molecule has 0 aliphatic heterocycles. The molecule has 1 amide bonds. The molecular weight excluding hydrogens is 364 g/mol. The van der Waals surface area contributed by atoms with Crippen molar-refractivity contribution in [1.82, 2.24) is 10.0 Å². The van der Waals surface area contributed by atoms with Crippen LogP contribution in [-0.4, -0.2) is 27.0 Å². The number of hydrogen-bond donors (Lipinski definition) is 2. The van der Waals surface area contributed by atoms with Crippen LogP contribution in [0.15, 0.2) is 53.4 Å². The molecule has 27 heavy (non-hydrogen) atoms. The Morgan fingerprint density at radius 3 is 2.33 bits per heavy atom. The van der Waals surface area contributed by atoms with Crippen LogP contribution in [-0.2, 0) is 10.0 Å². The molecule has 0 heterocycles. The minimum atomic E-state index is -3.80. The number of nitrogens with one attached hydrogen (secondary N) is 2. The third-order valence-corrected chi connectivity index (χ3v) is 5.51. The van der Waals surface area contributed by atoms with Crippen molar-refractivity contribution in [2.45, 2.75) is 44.7 Å². The zero-order valence-electron chi connectivity index (χ0n) is 16.0. The normalized spacial score (nSPS) is 12.6. The van der Waals surface area contributed by atoms with Crippen LogP contribution < -0.4 is 14.8 Å². The summed E-state index contributed by atoms with van der Waals surface area (Å²) in [4.78, 5) is 12.6. The van der Waals surface area contributed by atoms with E-state index in [4.69, 9.17) is 4.74 Å². The van der Waals surface area contributed by atoms with Crippen molar-refractivity contribution in [3.63, 3.8) is 0 Å². The van der Waals surface area contributed by atoms with Crippen molar-refractivity contribution in [3.05, 3.63) is 59.7 Å². The minimum absolute atomic E-state index is 0.0435. The molecule has 2 N–H and O–H groups in total. The van der Waals surface area contributed by atoms with Crippen molar-refractivity contribution in [1.29, 1.82) is 0 Å². The largest absolute Gasteiger partial charge is 0.492 e. The van der Waals surface area contributed by atoms with Gasteiger partial charge in [0.25, 0.3) is 5.91 Å². The number of carbonyl (C=O) groups excluding carboxylic acids is 1. The van der Waals surface area contributed by atoms with Crippen LogP contribution in [0.25, 0.3) is 0 Å². The molecule has 0 aliphatic carbocycles. The van der Waals surface area contributed by atoms with E-state index >= 15 is 0 Å². The van der Waals surface area contributed by atoms with Crippen molar-refractivity contribution in [3.8, 4) is 5.75 Å². The van der Waals surface area contributed by atoms with Crippen molar-refractivity contribution >= 4 is 15.9 Å². The van der Waals surface area contributed by atoms with Crippen LogP contribution in [0.1, 0.15) is 49.7 Å². The summed E-state index contributed by atoms with van der Waals surface area (Å²) < 4.78 is 33.2. The molecule has 2 aromatic rings. The zero-order valence-corrected chi connectivity index (χ0v) is 16.8. The summed E-state index contributed by atoms with van der Waals surface area (Å²) in [6, 6.07) is 13.5. The van der Waals surface area contributed by atoms with E-state index in [1.807, 2.05) is 37.3 Å². The van der Waals surface area contributed by atoms with Crippen LogP contribution in [0.4, 0.5) is 0 Å². The second-order valence-corrected chi connectivity index (χ2v) is 8.16. The van der Waals surface area contributed by atoms with Gasteiger partial charge >= 0.3 is 0 Å². The summed E-state index contributed by atoms with van der Waals surface area (Å²) in [6.45, 7) is 7.43. The Kier molecular flexibility index (Phi) is 6.98. The smallest absolute Gasteiger partial charge is 0.251 e. The Labute approximate surface area is 161 Å². The van der Waals surface area contributed by atoms with Gasteiger partial charge in [-0.2, -0.15) is 0 Å². The lowest BCUT2D eigenvalue weighted by molar-refractivity contribution is 0.0939. The van der Waals surface area contributed by atoms with E-state index in [0.717, 1.165) is 5.56 Å².